The Balaban J connectivity index is 1.19. The molecule has 0 bridgehead atoms. The summed E-state index contributed by atoms with van der Waals surface area (Å²) in [4.78, 5) is 27.9. The summed E-state index contributed by atoms with van der Waals surface area (Å²) < 4.78 is 17.2. The number of nitrogens with zero attached hydrogens (tertiary/aromatic N) is 1. The van der Waals surface area contributed by atoms with Gasteiger partial charge in [0.25, 0.3) is 0 Å². The van der Waals surface area contributed by atoms with Gasteiger partial charge in [-0.1, -0.05) is 41.9 Å². The molecule has 5 rings (SSSR count). The Morgan fingerprint density at radius 2 is 1.66 bits per heavy atom. The molecule has 9 heteroatoms. The Hall–Kier alpha value is -3.06. The molecule has 3 aromatic carbocycles. The Bertz CT molecular complexity index is 1350. The molecule has 0 unspecified atom stereocenters. The molecule has 0 aliphatic carbocycles. The number of benzene rings is 3. The normalized spacial score (nSPS) is 15.6. The first-order valence-corrected chi connectivity index (χ1v) is 15.0. The first-order chi connectivity index (χ1) is 18.5. The van der Waals surface area contributed by atoms with Crippen LogP contribution in [0.15, 0.2) is 83.3 Å². The first kappa shape index (κ1) is 26.5. The van der Waals surface area contributed by atoms with Gasteiger partial charge in [0, 0.05) is 16.1 Å². The van der Waals surface area contributed by atoms with E-state index in [9.17, 15) is 9.69 Å². The predicted molar refractivity (Wildman–Crippen MR) is 151 cm³/mol. The van der Waals surface area contributed by atoms with Crippen molar-refractivity contribution in [1.82, 2.24) is 4.98 Å². The van der Waals surface area contributed by atoms with Gasteiger partial charge in [-0.3, -0.25) is 0 Å². The summed E-state index contributed by atoms with van der Waals surface area (Å²) in [5.41, 5.74) is 4.18. The van der Waals surface area contributed by atoms with E-state index >= 15 is 0 Å². The van der Waals surface area contributed by atoms with Crippen LogP contribution in [0, 0.1) is 0 Å². The van der Waals surface area contributed by atoms with Gasteiger partial charge in [-0.15, -0.1) is 0 Å². The zero-order valence-corrected chi connectivity index (χ0v) is 22.6. The van der Waals surface area contributed by atoms with E-state index < -0.39 is 7.94 Å². The summed E-state index contributed by atoms with van der Waals surface area (Å²) in [6, 6.07) is 24.6. The molecule has 198 valence electrons. The average molecular weight is 553 g/mol. The minimum absolute atomic E-state index is 0.0828. The summed E-state index contributed by atoms with van der Waals surface area (Å²) in [5, 5.41) is 3.59. The van der Waals surface area contributed by atoms with E-state index in [1.54, 1.807) is 0 Å². The molecule has 38 heavy (non-hydrogen) atoms. The number of aromatic nitrogens is 1. The van der Waals surface area contributed by atoms with Crippen LogP contribution in [0.1, 0.15) is 30.6 Å². The van der Waals surface area contributed by atoms with Crippen molar-refractivity contribution < 1.29 is 23.2 Å². The van der Waals surface area contributed by atoms with Crippen LogP contribution in [0.4, 0.5) is 5.69 Å². The number of oxazole rings is 1. The number of carbonyl (C=O) groups excluding carboxylic acids is 1. The van der Waals surface area contributed by atoms with Gasteiger partial charge in [-0.05, 0) is 24.3 Å². The van der Waals surface area contributed by atoms with Crippen LogP contribution >= 0.6 is 19.5 Å². The van der Waals surface area contributed by atoms with Crippen molar-refractivity contribution in [3.05, 3.63) is 95.2 Å². The Labute approximate surface area is 227 Å². The monoisotopic (exact) mass is 552 g/mol. The summed E-state index contributed by atoms with van der Waals surface area (Å²) in [5.74, 6) is 1.20. The SMILES string of the molecule is O=C(CCCc1oc(-c2ccccc2)nc1-c1ccc(Cl)cc1)Nc1ccc(C[PH]2(O)OCCCO2)cc1. The van der Waals surface area contributed by atoms with Crippen molar-refractivity contribution in [2.24, 2.45) is 0 Å². The van der Waals surface area contributed by atoms with Crippen molar-refractivity contribution in [2.75, 3.05) is 18.5 Å². The summed E-state index contributed by atoms with van der Waals surface area (Å²) in [6.07, 6.45) is 2.65. The van der Waals surface area contributed by atoms with Crippen LogP contribution in [-0.4, -0.2) is 29.0 Å². The number of amides is 1. The minimum atomic E-state index is -3.14. The van der Waals surface area contributed by atoms with E-state index in [0.717, 1.165) is 34.6 Å². The zero-order chi connectivity index (χ0) is 26.4. The Kier molecular flexibility index (Phi) is 8.52. The van der Waals surface area contributed by atoms with E-state index in [4.69, 9.17) is 30.0 Å². The fourth-order valence-corrected chi connectivity index (χ4v) is 6.41. The maximum atomic E-state index is 12.6. The molecule has 0 spiro atoms. The van der Waals surface area contributed by atoms with Gasteiger partial charge in [0.05, 0.1) is 0 Å². The molecule has 1 aliphatic rings. The van der Waals surface area contributed by atoms with E-state index in [1.165, 1.54) is 0 Å². The standard InChI is InChI=1S/C29H30ClN2O5P/c30-24-14-12-22(13-15-24)28-26(37-29(32-28)23-6-2-1-3-7-23)8-4-9-27(33)31-25-16-10-21(11-17-25)20-38(34)35-18-5-19-36-38/h1-3,6-7,10-17,34,38H,4-5,8-9,18-20H2,(H,31,33). The van der Waals surface area contributed by atoms with E-state index in [-0.39, 0.29) is 5.91 Å². The van der Waals surface area contributed by atoms with Crippen LogP contribution in [0.3, 0.4) is 0 Å². The molecule has 2 N–H and O–H groups in total. The summed E-state index contributed by atoms with van der Waals surface area (Å²) in [7, 11) is -3.14. The second-order valence-corrected chi connectivity index (χ2v) is 12.0. The summed E-state index contributed by atoms with van der Waals surface area (Å²) in [6.45, 7) is 1.05. The second kappa shape index (κ2) is 12.2. The molecule has 1 fully saturated rings. The Morgan fingerprint density at radius 3 is 2.37 bits per heavy atom. The number of hydrogen-bond donors (Lipinski definition) is 2. The third-order valence-corrected chi connectivity index (χ3v) is 8.67. The third-order valence-electron chi connectivity index (χ3n) is 6.25. The van der Waals surface area contributed by atoms with Crippen LogP contribution in [0.25, 0.3) is 22.7 Å². The second-order valence-electron chi connectivity index (χ2n) is 9.20. The van der Waals surface area contributed by atoms with E-state index in [1.807, 2.05) is 78.9 Å². The number of aryl methyl sites for hydroxylation is 1. The van der Waals surface area contributed by atoms with E-state index in [0.29, 0.717) is 55.2 Å². The van der Waals surface area contributed by atoms with Crippen molar-refractivity contribution >= 4 is 31.1 Å². The van der Waals surface area contributed by atoms with Crippen molar-refractivity contribution in [3.63, 3.8) is 0 Å². The molecular formula is C29H30ClN2O5P. The van der Waals surface area contributed by atoms with Gasteiger partial charge in [-0.25, -0.2) is 4.98 Å². The maximum absolute atomic E-state index is 12.6. The topological polar surface area (TPSA) is 93.8 Å². The fourth-order valence-electron chi connectivity index (χ4n) is 4.32. The molecule has 0 atom stereocenters. The van der Waals surface area contributed by atoms with Gasteiger partial charge in [0.15, 0.2) is 0 Å². The first-order valence-electron chi connectivity index (χ1n) is 12.7. The molecule has 1 amide bonds. The molecule has 1 saturated heterocycles. The van der Waals surface area contributed by atoms with Crippen LogP contribution < -0.4 is 5.32 Å². The van der Waals surface area contributed by atoms with Gasteiger partial charge in [0.1, 0.15) is 0 Å². The number of halogens is 1. The molecule has 1 aliphatic heterocycles. The molecule has 0 saturated carbocycles. The number of anilines is 1. The molecule has 1 aromatic heterocycles. The zero-order valence-electron chi connectivity index (χ0n) is 20.9. The van der Waals surface area contributed by atoms with Crippen molar-refractivity contribution in [2.45, 2.75) is 31.8 Å². The molecule has 7 nitrogen and oxygen atoms in total. The molecule has 2 heterocycles. The van der Waals surface area contributed by atoms with Crippen LogP contribution in [0.5, 0.6) is 0 Å². The van der Waals surface area contributed by atoms with Gasteiger partial charge in [0.2, 0.25) is 5.89 Å². The molecule has 4 aromatic rings. The number of hydrogen-bond acceptors (Lipinski definition) is 6. The van der Waals surface area contributed by atoms with Gasteiger partial charge in [-0.2, -0.15) is 0 Å². The quantitative estimate of drug-likeness (QED) is 0.216. The molecule has 0 radical (unpaired) electrons. The molecular weight excluding hydrogens is 523 g/mol. The van der Waals surface area contributed by atoms with Crippen LogP contribution in [0.2, 0.25) is 5.02 Å². The fraction of sp³-hybridized carbons (Fsp3) is 0.241. The van der Waals surface area contributed by atoms with Gasteiger partial charge < -0.3 is 0 Å². The van der Waals surface area contributed by atoms with Crippen LogP contribution in [-0.2, 0) is 26.4 Å². The number of carbonyl (C=O) groups is 1. The third kappa shape index (κ3) is 6.87. The number of nitrogens with one attached hydrogen (secondary N) is 1. The Morgan fingerprint density at radius 1 is 0.947 bits per heavy atom. The average Bonchev–Trinajstić information content (AvgIpc) is 3.35. The summed E-state index contributed by atoms with van der Waals surface area (Å²) >= 11 is 6.07. The van der Waals surface area contributed by atoms with Crippen molar-refractivity contribution in [3.8, 4) is 22.7 Å². The van der Waals surface area contributed by atoms with Gasteiger partial charge >= 0.3 is 134 Å². The van der Waals surface area contributed by atoms with Crippen molar-refractivity contribution in [1.29, 1.82) is 0 Å². The predicted octanol–water partition coefficient (Wildman–Crippen LogP) is 7.05. The number of rotatable bonds is 9. The van der Waals surface area contributed by atoms with E-state index in [2.05, 4.69) is 5.32 Å².